The van der Waals surface area contributed by atoms with Crippen LogP contribution in [-0.4, -0.2) is 40.0 Å². The summed E-state index contributed by atoms with van der Waals surface area (Å²) in [4.78, 5) is 33.4. The van der Waals surface area contributed by atoms with Crippen LogP contribution in [0.3, 0.4) is 0 Å². The lowest BCUT2D eigenvalue weighted by molar-refractivity contribution is -0.129. The second-order valence-corrected chi connectivity index (χ2v) is 7.86. The fourth-order valence-corrected chi connectivity index (χ4v) is 1.92. The van der Waals surface area contributed by atoms with Gasteiger partial charge in [-0.15, -0.1) is 5.06 Å². The van der Waals surface area contributed by atoms with Crippen LogP contribution < -0.4 is 0 Å². The molecule has 150 valence electrons. The third-order valence-corrected chi connectivity index (χ3v) is 2.88. The van der Waals surface area contributed by atoms with E-state index >= 15 is 0 Å². The Morgan fingerprint density at radius 1 is 1.07 bits per heavy atom. The lowest BCUT2D eigenvalue weighted by Gasteiger charge is -2.26. The third kappa shape index (κ3) is 6.83. The van der Waals surface area contributed by atoms with Crippen molar-refractivity contribution in [2.75, 3.05) is 6.54 Å². The highest BCUT2D eigenvalue weighted by atomic mass is 16.8. The van der Waals surface area contributed by atoms with Crippen LogP contribution in [0.25, 0.3) is 11.1 Å². The van der Waals surface area contributed by atoms with Crippen molar-refractivity contribution in [3.05, 3.63) is 30.2 Å². The smallest absolute Gasteiger partial charge is 0.442 e. The van der Waals surface area contributed by atoms with Gasteiger partial charge in [0.25, 0.3) is 5.89 Å². The van der Waals surface area contributed by atoms with Gasteiger partial charge in [-0.25, -0.2) is 14.6 Å². The third-order valence-electron chi connectivity index (χ3n) is 2.88. The van der Waals surface area contributed by atoms with Crippen LogP contribution in [-0.2, 0) is 14.3 Å². The van der Waals surface area contributed by atoms with E-state index in [4.69, 9.17) is 18.7 Å². The zero-order chi connectivity index (χ0) is 20.9. The van der Waals surface area contributed by atoms with Crippen LogP contribution in [0.5, 0.6) is 0 Å². The van der Waals surface area contributed by atoms with Gasteiger partial charge in [-0.3, -0.25) is 4.84 Å². The number of rotatable bonds is 1. The van der Waals surface area contributed by atoms with E-state index in [0.29, 0.717) is 16.2 Å². The van der Waals surface area contributed by atoms with Crippen LogP contribution in [0.1, 0.15) is 47.4 Å². The van der Waals surface area contributed by atoms with E-state index in [1.807, 2.05) is 12.1 Å². The number of carbonyl (C=O) groups excluding carboxylic acids is 2. The molecular weight excluding hydrogens is 364 g/mol. The molecule has 0 N–H and O–H groups in total. The summed E-state index contributed by atoms with van der Waals surface area (Å²) in [5, 5.41) is 0.689. The molecule has 0 spiro atoms. The fraction of sp³-hybridized carbons (Fsp3) is 0.450. The Bertz CT molecular complexity index is 875. The Kier molecular flexibility index (Phi) is 6.19. The minimum atomic E-state index is -1.04. The van der Waals surface area contributed by atoms with E-state index in [1.54, 1.807) is 53.7 Å². The van der Waals surface area contributed by atoms with E-state index in [-0.39, 0.29) is 12.4 Å². The van der Waals surface area contributed by atoms with Gasteiger partial charge in [-0.05, 0) is 59.6 Å². The number of hydroxylamine groups is 2. The van der Waals surface area contributed by atoms with Crippen LogP contribution in [0.4, 0.5) is 9.59 Å². The molecule has 0 saturated heterocycles. The van der Waals surface area contributed by atoms with Crippen molar-refractivity contribution in [1.82, 2.24) is 10.0 Å². The number of hydrogen-bond donors (Lipinski definition) is 0. The van der Waals surface area contributed by atoms with Gasteiger partial charge in [-0.2, -0.15) is 0 Å². The van der Waals surface area contributed by atoms with Gasteiger partial charge in [-0.1, -0.05) is 18.1 Å². The summed E-state index contributed by atoms with van der Waals surface area (Å²) >= 11 is 0. The molecule has 1 aromatic carbocycles. The molecule has 0 aliphatic rings. The van der Waals surface area contributed by atoms with E-state index < -0.39 is 23.5 Å². The van der Waals surface area contributed by atoms with Crippen LogP contribution >= 0.6 is 0 Å². The SMILES string of the molecule is CC(C)(C)OC(=O)ON(CC#Cc1nc2ccccc2o1)C(=O)OC(C)(C)C. The average Bonchev–Trinajstić information content (AvgIpc) is 2.93. The Labute approximate surface area is 163 Å². The molecule has 0 radical (unpaired) electrons. The highest BCUT2D eigenvalue weighted by Gasteiger charge is 2.27. The van der Waals surface area contributed by atoms with Crippen molar-refractivity contribution >= 4 is 23.3 Å². The van der Waals surface area contributed by atoms with Crippen molar-refractivity contribution in [2.45, 2.75) is 52.7 Å². The Balaban J connectivity index is 2.12. The van der Waals surface area contributed by atoms with Gasteiger partial charge in [0, 0.05) is 0 Å². The van der Waals surface area contributed by atoms with E-state index in [2.05, 4.69) is 16.8 Å². The standard InChI is InChI=1S/C20H24N2O6/c1-19(2,3)26-17(23)22(28-18(24)27-20(4,5)6)13-9-12-16-21-14-10-7-8-11-15(14)25-16/h7-8,10-11H,13H2,1-6H3. The average molecular weight is 388 g/mol. The summed E-state index contributed by atoms with van der Waals surface area (Å²) in [5.41, 5.74) is -0.289. The summed E-state index contributed by atoms with van der Waals surface area (Å²) in [6.07, 6.45) is -1.91. The van der Waals surface area contributed by atoms with E-state index in [9.17, 15) is 9.59 Å². The monoisotopic (exact) mass is 388 g/mol. The van der Waals surface area contributed by atoms with Crippen molar-refractivity contribution in [2.24, 2.45) is 0 Å². The maximum atomic E-state index is 12.3. The molecule has 1 aromatic heterocycles. The molecule has 0 atom stereocenters. The molecule has 2 rings (SSSR count). The number of hydrogen-bond acceptors (Lipinski definition) is 7. The van der Waals surface area contributed by atoms with Crippen LogP contribution in [0.2, 0.25) is 0 Å². The van der Waals surface area contributed by atoms with Crippen molar-refractivity contribution in [3.8, 4) is 11.8 Å². The molecule has 8 heteroatoms. The first-order valence-electron chi connectivity index (χ1n) is 8.69. The molecule has 0 unspecified atom stereocenters. The Morgan fingerprint density at radius 2 is 1.71 bits per heavy atom. The topological polar surface area (TPSA) is 91.1 Å². The molecule has 28 heavy (non-hydrogen) atoms. The first-order chi connectivity index (χ1) is 12.9. The summed E-state index contributed by atoms with van der Waals surface area (Å²) in [5.74, 6) is 5.56. The predicted octanol–water partition coefficient (Wildman–Crippen LogP) is 4.28. The van der Waals surface area contributed by atoms with Gasteiger partial charge in [0.05, 0.1) is 0 Å². The van der Waals surface area contributed by atoms with Crippen molar-refractivity contribution < 1.29 is 28.3 Å². The minimum Gasteiger partial charge on any atom is -0.442 e. The quantitative estimate of drug-likeness (QED) is 0.409. The number of benzene rings is 1. The molecule has 1 amide bonds. The highest BCUT2D eigenvalue weighted by molar-refractivity contribution is 5.73. The van der Waals surface area contributed by atoms with Gasteiger partial charge in [0.15, 0.2) is 5.58 Å². The van der Waals surface area contributed by atoms with Gasteiger partial charge in [0.1, 0.15) is 23.3 Å². The predicted molar refractivity (Wildman–Crippen MR) is 101 cm³/mol. The first kappa shape index (κ1) is 21.1. The molecule has 0 saturated carbocycles. The van der Waals surface area contributed by atoms with E-state index in [0.717, 1.165) is 0 Å². The molecule has 8 nitrogen and oxygen atoms in total. The lowest BCUT2D eigenvalue weighted by atomic mass is 10.2. The largest absolute Gasteiger partial charge is 0.534 e. The maximum Gasteiger partial charge on any atom is 0.534 e. The second kappa shape index (κ2) is 8.21. The second-order valence-electron chi connectivity index (χ2n) is 7.86. The molecule has 2 aromatic rings. The zero-order valence-corrected chi connectivity index (χ0v) is 16.9. The van der Waals surface area contributed by atoms with E-state index in [1.165, 1.54) is 0 Å². The van der Waals surface area contributed by atoms with Gasteiger partial charge < -0.3 is 13.9 Å². The Morgan fingerprint density at radius 3 is 2.32 bits per heavy atom. The van der Waals surface area contributed by atoms with Crippen molar-refractivity contribution in [1.29, 1.82) is 0 Å². The minimum absolute atomic E-state index is 0.183. The number of nitrogens with zero attached hydrogens (tertiary/aromatic N) is 2. The lowest BCUT2D eigenvalue weighted by Crippen LogP contribution is -2.40. The fourth-order valence-electron chi connectivity index (χ4n) is 1.92. The van der Waals surface area contributed by atoms with Crippen LogP contribution in [0, 0.1) is 11.8 Å². The number of aromatic nitrogens is 1. The first-order valence-corrected chi connectivity index (χ1v) is 8.69. The molecular formula is C20H24N2O6. The van der Waals surface area contributed by atoms with Crippen LogP contribution in [0.15, 0.2) is 28.7 Å². The summed E-state index contributed by atoms with van der Waals surface area (Å²) in [7, 11) is 0. The number of carbonyl (C=O) groups is 2. The molecule has 0 bridgehead atoms. The normalized spacial score (nSPS) is 11.4. The zero-order valence-electron chi connectivity index (χ0n) is 16.9. The summed E-state index contributed by atoms with van der Waals surface area (Å²) in [6, 6.07) is 7.22. The molecule has 1 heterocycles. The highest BCUT2D eigenvalue weighted by Crippen LogP contribution is 2.15. The summed E-state index contributed by atoms with van der Waals surface area (Å²) in [6.45, 7) is 9.87. The van der Waals surface area contributed by atoms with Gasteiger partial charge >= 0.3 is 12.2 Å². The Hall–Kier alpha value is -3.21. The van der Waals surface area contributed by atoms with Crippen molar-refractivity contribution in [3.63, 3.8) is 0 Å². The molecule has 0 aliphatic carbocycles. The number of amides is 1. The number of ether oxygens (including phenoxy) is 2. The molecule has 0 fully saturated rings. The number of para-hydroxylation sites is 2. The molecule has 0 aliphatic heterocycles. The maximum absolute atomic E-state index is 12.3. The summed E-state index contributed by atoms with van der Waals surface area (Å²) < 4.78 is 15.8. The van der Waals surface area contributed by atoms with Gasteiger partial charge in [0.2, 0.25) is 0 Å². The number of oxazole rings is 1. The number of fused-ring (bicyclic) bond motifs is 1.